The Labute approximate surface area is 76.7 Å². The average molecular weight is 189 g/mol. The van der Waals surface area contributed by atoms with Crippen LogP contribution in [0, 0.1) is 5.41 Å². The lowest BCUT2D eigenvalue weighted by atomic mass is 10.0. The van der Waals surface area contributed by atoms with E-state index in [-0.39, 0.29) is 5.41 Å². The molecule has 0 heterocycles. The van der Waals surface area contributed by atoms with Crippen LogP contribution in [-0.4, -0.2) is 28.6 Å². The normalized spacial score (nSPS) is 21.8. The van der Waals surface area contributed by atoms with Crippen molar-refractivity contribution in [2.75, 3.05) is 11.5 Å². The summed E-state index contributed by atoms with van der Waals surface area (Å²) in [5.41, 5.74) is 5.51. The number of hydrogen-bond acceptors (Lipinski definition) is 3. The van der Waals surface area contributed by atoms with Gasteiger partial charge in [0.25, 0.3) is 0 Å². The first-order valence-corrected chi connectivity index (χ1v) is 5.34. The lowest BCUT2D eigenvalue weighted by Crippen LogP contribution is -2.40. The Kier molecular flexibility index (Phi) is 3.01. The van der Waals surface area contributed by atoms with Crippen molar-refractivity contribution in [2.45, 2.75) is 25.8 Å². The van der Waals surface area contributed by atoms with E-state index in [4.69, 9.17) is 10.8 Å². The zero-order valence-electron chi connectivity index (χ0n) is 7.25. The summed E-state index contributed by atoms with van der Waals surface area (Å²) in [6.45, 7) is 2.08. The standard InChI is InChI=1S/C8H15NO2S/c1-2-12-5-8(3-4-8)6(9)7(10)11/h6H,2-5,9H2,1H3,(H,10,11). The topological polar surface area (TPSA) is 63.3 Å². The molecule has 70 valence electrons. The van der Waals surface area contributed by atoms with Crippen LogP contribution in [-0.2, 0) is 4.79 Å². The third kappa shape index (κ3) is 1.93. The number of carbonyl (C=O) groups is 1. The average Bonchev–Trinajstić information content (AvgIpc) is 2.80. The van der Waals surface area contributed by atoms with Gasteiger partial charge in [0.2, 0.25) is 0 Å². The molecule has 0 radical (unpaired) electrons. The van der Waals surface area contributed by atoms with Crippen LogP contribution >= 0.6 is 11.8 Å². The second-order valence-corrected chi connectivity index (χ2v) is 4.59. The lowest BCUT2D eigenvalue weighted by molar-refractivity contribution is -0.140. The Balaban J connectivity index is 2.42. The third-order valence-corrected chi connectivity index (χ3v) is 3.60. The molecule has 1 fully saturated rings. The lowest BCUT2D eigenvalue weighted by Gasteiger charge is -2.18. The summed E-state index contributed by atoms with van der Waals surface area (Å²) < 4.78 is 0. The van der Waals surface area contributed by atoms with E-state index < -0.39 is 12.0 Å². The van der Waals surface area contributed by atoms with Crippen molar-refractivity contribution in [1.82, 2.24) is 0 Å². The van der Waals surface area contributed by atoms with E-state index in [0.717, 1.165) is 24.3 Å². The minimum Gasteiger partial charge on any atom is -0.480 e. The summed E-state index contributed by atoms with van der Waals surface area (Å²) in [7, 11) is 0. The monoisotopic (exact) mass is 189 g/mol. The van der Waals surface area contributed by atoms with E-state index in [0.29, 0.717) is 0 Å². The van der Waals surface area contributed by atoms with Crippen LogP contribution in [0.25, 0.3) is 0 Å². The molecule has 0 bridgehead atoms. The Morgan fingerprint density at radius 1 is 1.75 bits per heavy atom. The van der Waals surface area contributed by atoms with Gasteiger partial charge < -0.3 is 10.8 Å². The Hall–Kier alpha value is -0.220. The first-order valence-electron chi connectivity index (χ1n) is 4.18. The van der Waals surface area contributed by atoms with Crippen LogP contribution in [0.2, 0.25) is 0 Å². The fourth-order valence-electron chi connectivity index (χ4n) is 1.27. The number of carboxylic acids is 1. The van der Waals surface area contributed by atoms with Gasteiger partial charge in [-0.1, -0.05) is 6.92 Å². The van der Waals surface area contributed by atoms with Crippen LogP contribution < -0.4 is 5.73 Å². The van der Waals surface area contributed by atoms with Gasteiger partial charge in [0, 0.05) is 11.2 Å². The fourth-order valence-corrected chi connectivity index (χ4v) is 2.35. The molecule has 3 nitrogen and oxygen atoms in total. The SMILES string of the molecule is CCSCC1(C(N)C(=O)O)CC1. The van der Waals surface area contributed by atoms with E-state index in [1.807, 2.05) is 0 Å². The first-order chi connectivity index (χ1) is 5.62. The molecule has 3 N–H and O–H groups in total. The largest absolute Gasteiger partial charge is 0.480 e. The van der Waals surface area contributed by atoms with Gasteiger partial charge in [-0.15, -0.1) is 0 Å². The second kappa shape index (κ2) is 3.66. The summed E-state index contributed by atoms with van der Waals surface area (Å²) in [6.07, 6.45) is 1.96. The van der Waals surface area contributed by atoms with Gasteiger partial charge in [-0.3, -0.25) is 4.79 Å². The number of aliphatic carboxylic acids is 1. The summed E-state index contributed by atoms with van der Waals surface area (Å²) in [4.78, 5) is 10.6. The summed E-state index contributed by atoms with van der Waals surface area (Å²) in [6, 6.07) is -0.656. The van der Waals surface area contributed by atoms with E-state index in [1.165, 1.54) is 0 Å². The van der Waals surface area contributed by atoms with Gasteiger partial charge >= 0.3 is 5.97 Å². The first kappa shape index (κ1) is 9.86. The highest BCUT2D eigenvalue weighted by Crippen LogP contribution is 2.50. The van der Waals surface area contributed by atoms with Crippen molar-refractivity contribution in [3.63, 3.8) is 0 Å². The minimum absolute atomic E-state index is 0.0769. The van der Waals surface area contributed by atoms with Gasteiger partial charge in [0.1, 0.15) is 6.04 Å². The van der Waals surface area contributed by atoms with Crippen LogP contribution in [0.15, 0.2) is 0 Å². The maximum absolute atomic E-state index is 10.6. The van der Waals surface area contributed by atoms with Crippen molar-refractivity contribution in [1.29, 1.82) is 0 Å². The molecule has 1 rings (SSSR count). The summed E-state index contributed by atoms with van der Waals surface area (Å²) in [5, 5.41) is 8.72. The molecular weight excluding hydrogens is 174 g/mol. The molecule has 12 heavy (non-hydrogen) atoms. The quantitative estimate of drug-likeness (QED) is 0.675. The Morgan fingerprint density at radius 2 is 2.33 bits per heavy atom. The van der Waals surface area contributed by atoms with Crippen molar-refractivity contribution >= 4 is 17.7 Å². The van der Waals surface area contributed by atoms with Crippen molar-refractivity contribution in [3.05, 3.63) is 0 Å². The van der Waals surface area contributed by atoms with Gasteiger partial charge in [-0.25, -0.2) is 0 Å². The fraction of sp³-hybridized carbons (Fsp3) is 0.875. The smallest absolute Gasteiger partial charge is 0.321 e. The molecule has 0 spiro atoms. The molecule has 1 saturated carbocycles. The van der Waals surface area contributed by atoms with E-state index in [2.05, 4.69) is 6.92 Å². The Morgan fingerprint density at radius 3 is 2.67 bits per heavy atom. The van der Waals surface area contributed by atoms with Gasteiger partial charge in [0.15, 0.2) is 0 Å². The molecule has 0 aromatic carbocycles. The van der Waals surface area contributed by atoms with Crippen molar-refractivity contribution in [2.24, 2.45) is 11.1 Å². The molecule has 1 aliphatic carbocycles. The van der Waals surface area contributed by atoms with E-state index in [1.54, 1.807) is 11.8 Å². The van der Waals surface area contributed by atoms with Crippen molar-refractivity contribution < 1.29 is 9.90 Å². The van der Waals surface area contributed by atoms with Crippen LogP contribution in [0.4, 0.5) is 0 Å². The molecule has 4 heteroatoms. The summed E-state index contributed by atoms with van der Waals surface area (Å²) >= 11 is 1.78. The van der Waals surface area contributed by atoms with Crippen molar-refractivity contribution in [3.8, 4) is 0 Å². The molecule has 1 atom stereocenters. The molecule has 0 aromatic heterocycles. The molecular formula is C8H15NO2S. The molecule has 0 aromatic rings. The zero-order chi connectivity index (χ0) is 9.19. The highest BCUT2D eigenvalue weighted by atomic mass is 32.2. The maximum atomic E-state index is 10.6. The van der Waals surface area contributed by atoms with Gasteiger partial charge in [-0.2, -0.15) is 11.8 Å². The van der Waals surface area contributed by atoms with Crippen LogP contribution in [0.1, 0.15) is 19.8 Å². The number of carboxylic acid groups (broad SMARTS) is 1. The highest BCUT2D eigenvalue weighted by Gasteiger charge is 2.50. The molecule has 0 saturated heterocycles. The highest BCUT2D eigenvalue weighted by molar-refractivity contribution is 7.99. The zero-order valence-corrected chi connectivity index (χ0v) is 8.06. The Bertz CT molecular complexity index is 180. The van der Waals surface area contributed by atoms with Gasteiger partial charge in [0.05, 0.1) is 0 Å². The molecule has 0 amide bonds. The predicted octanol–water partition coefficient (Wildman–Crippen LogP) is 0.932. The number of rotatable bonds is 5. The third-order valence-electron chi connectivity index (χ3n) is 2.41. The molecule has 1 aliphatic rings. The van der Waals surface area contributed by atoms with Crippen LogP contribution in [0.3, 0.4) is 0 Å². The number of hydrogen-bond donors (Lipinski definition) is 2. The number of thioether (sulfide) groups is 1. The van der Waals surface area contributed by atoms with E-state index in [9.17, 15) is 4.79 Å². The maximum Gasteiger partial charge on any atom is 0.321 e. The molecule has 1 unspecified atom stereocenters. The summed E-state index contributed by atoms with van der Waals surface area (Å²) in [5.74, 6) is 1.08. The minimum atomic E-state index is -0.857. The van der Waals surface area contributed by atoms with Crippen LogP contribution in [0.5, 0.6) is 0 Å². The van der Waals surface area contributed by atoms with Gasteiger partial charge in [-0.05, 0) is 18.6 Å². The second-order valence-electron chi connectivity index (χ2n) is 3.32. The van der Waals surface area contributed by atoms with E-state index >= 15 is 0 Å². The number of nitrogens with two attached hydrogens (primary N) is 1. The predicted molar refractivity (Wildman–Crippen MR) is 50.3 cm³/mol. The molecule has 0 aliphatic heterocycles.